The maximum atomic E-state index is 15.9. The molecule has 1 saturated heterocycles. The van der Waals surface area contributed by atoms with E-state index in [1.54, 1.807) is 13.3 Å². The van der Waals surface area contributed by atoms with Crippen LogP contribution in [-0.2, 0) is 9.53 Å². The third-order valence-corrected chi connectivity index (χ3v) is 7.91. The molecule has 0 spiro atoms. The number of rotatable bonds is 10. The minimum Gasteiger partial charge on any atom is -0.491 e. The van der Waals surface area contributed by atoms with Gasteiger partial charge in [-0.25, -0.2) is 14.4 Å². The Kier molecular flexibility index (Phi) is 8.97. The highest BCUT2D eigenvalue weighted by atomic mass is 19.1. The number of nitrogens with zero attached hydrogens (tertiary/aromatic N) is 3. The molecule has 37 heavy (non-hydrogen) atoms. The number of piperidine rings is 1. The molecule has 2 heterocycles. The molecule has 1 aromatic carbocycles. The van der Waals surface area contributed by atoms with Crippen molar-refractivity contribution >= 4 is 11.9 Å². The number of nitrogens with two attached hydrogens (primary N) is 1. The minimum atomic E-state index is -1.89. The highest BCUT2D eigenvalue weighted by Crippen LogP contribution is 2.37. The number of anilines is 1. The maximum Gasteiger partial charge on any atom is 0.258 e. The topological polar surface area (TPSA) is 103 Å². The van der Waals surface area contributed by atoms with Gasteiger partial charge >= 0.3 is 0 Å². The molecule has 9 heteroatoms. The third-order valence-electron chi connectivity index (χ3n) is 7.91. The van der Waals surface area contributed by atoms with Gasteiger partial charge in [-0.15, -0.1) is 0 Å². The summed E-state index contributed by atoms with van der Waals surface area (Å²) in [5.74, 6) is 1.12. The van der Waals surface area contributed by atoms with E-state index in [9.17, 15) is 4.79 Å². The molecule has 8 nitrogen and oxygen atoms in total. The van der Waals surface area contributed by atoms with Crippen LogP contribution in [0.3, 0.4) is 0 Å². The lowest BCUT2D eigenvalue weighted by molar-refractivity contribution is -0.137. The van der Waals surface area contributed by atoms with Gasteiger partial charge in [-0.05, 0) is 69.0 Å². The average molecular weight is 514 g/mol. The van der Waals surface area contributed by atoms with Crippen LogP contribution >= 0.6 is 0 Å². The number of methoxy groups -OCH3 is 1. The van der Waals surface area contributed by atoms with Crippen LogP contribution in [0, 0.1) is 5.92 Å². The van der Waals surface area contributed by atoms with E-state index in [0.717, 1.165) is 49.1 Å². The van der Waals surface area contributed by atoms with E-state index < -0.39 is 17.1 Å². The van der Waals surface area contributed by atoms with Crippen molar-refractivity contribution in [2.75, 3.05) is 44.9 Å². The van der Waals surface area contributed by atoms with Crippen molar-refractivity contribution < 1.29 is 18.7 Å². The number of benzene rings is 1. The molecular weight excluding hydrogens is 473 g/mol. The van der Waals surface area contributed by atoms with Gasteiger partial charge in [0.15, 0.2) is 5.67 Å². The second-order valence-electron chi connectivity index (χ2n) is 10.5. The van der Waals surface area contributed by atoms with Gasteiger partial charge in [-0.1, -0.05) is 12.8 Å². The van der Waals surface area contributed by atoms with Gasteiger partial charge in [0.1, 0.15) is 12.4 Å². The first-order valence-corrected chi connectivity index (χ1v) is 13.4. The molecule has 1 aliphatic carbocycles. The smallest absolute Gasteiger partial charge is 0.258 e. The Labute approximate surface area is 219 Å². The number of halogens is 1. The lowest BCUT2D eigenvalue weighted by Crippen LogP contribution is -2.60. The van der Waals surface area contributed by atoms with E-state index in [2.05, 4.69) is 17.2 Å². The van der Waals surface area contributed by atoms with Crippen LogP contribution in [-0.4, -0.2) is 67.0 Å². The molecule has 1 amide bonds. The first kappa shape index (κ1) is 27.3. The Balaban J connectivity index is 1.37. The van der Waals surface area contributed by atoms with Gasteiger partial charge in [0.2, 0.25) is 5.95 Å². The normalized spacial score (nSPS) is 23.5. The van der Waals surface area contributed by atoms with E-state index in [-0.39, 0.29) is 12.8 Å². The zero-order chi connectivity index (χ0) is 26.3. The summed E-state index contributed by atoms with van der Waals surface area (Å²) in [7, 11) is 1.64. The zero-order valence-electron chi connectivity index (χ0n) is 22.0. The number of carbonyl (C=O) groups is 1. The van der Waals surface area contributed by atoms with Crippen molar-refractivity contribution in [3.8, 4) is 17.0 Å². The van der Waals surface area contributed by atoms with Crippen molar-refractivity contribution in [3.63, 3.8) is 0 Å². The van der Waals surface area contributed by atoms with Crippen LogP contribution in [0.2, 0.25) is 0 Å². The van der Waals surface area contributed by atoms with E-state index >= 15 is 4.39 Å². The van der Waals surface area contributed by atoms with Crippen LogP contribution in [0.25, 0.3) is 11.3 Å². The van der Waals surface area contributed by atoms with E-state index in [1.807, 2.05) is 35.2 Å². The second kappa shape index (κ2) is 12.2. The van der Waals surface area contributed by atoms with Gasteiger partial charge < -0.3 is 25.4 Å². The fraction of sp³-hybridized carbons (Fsp3) is 0.607. The molecule has 202 valence electrons. The number of aromatic nitrogens is 2. The number of hydrogen-bond acceptors (Lipinski definition) is 7. The summed E-state index contributed by atoms with van der Waals surface area (Å²) in [5.41, 5.74) is 5.24. The lowest BCUT2D eigenvalue weighted by atomic mass is 9.72. The molecule has 1 aromatic heterocycles. The number of alkyl halides is 1. The predicted octanol–water partition coefficient (Wildman–Crippen LogP) is 3.89. The first-order chi connectivity index (χ1) is 17.9. The lowest BCUT2D eigenvalue weighted by Gasteiger charge is -2.44. The summed E-state index contributed by atoms with van der Waals surface area (Å²) < 4.78 is 26.5. The van der Waals surface area contributed by atoms with Crippen molar-refractivity contribution in [3.05, 3.63) is 36.5 Å². The molecule has 1 aliphatic heterocycles. The maximum absolute atomic E-state index is 15.9. The number of hydrogen-bond donors (Lipinski definition) is 2. The van der Waals surface area contributed by atoms with Crippen LogP contribution in [0.15, 0.2) is 36.5 Å². The summed E-state index contributed by atoms with van der Waals surface area (Å²) in [5, 5.41) is 3.11. The fourth-order valence-electron chi connectivity index (χ4n) is 5.52. The number of ether oxygens (including phenoxy) is 2. The molecule has 4 rings (SSSR count). The van der Waals surface area contributed by atoms with Crippen molar-refractivity contribution in [1.82, 2.24) is 15.3 Å². The molecule has 1 saturated carbocycles. The zero-order valence-corrected chi connectivity index (χ0v) is 22.0. The third kappa shape index (κ3) is 6.57. The molecule has 2 aliphatic rings. The summed E-state index contributed by atoms with van der Waals surface area (Å²) in [4.78, 5) is 24.2. The molecule has 2 fully saturated rings. The van der Waals surface area contributed by atoms with Gasteiger partial charge in [0.05, 0.1) is 12.3 Å². The number of carbonyl (C=O) groups excluding carboxylic acids is 1. The van der Waals surface area contributed by atoms with Crippen LogP contribution in [0.5, 0.6) is 5.75 Å². The standard InChI is InChI=1S/C28H40FN5O3/c1-27(12-4-3-5-22(27)10-15-30)33-25(35)28(29)13-17-34(18-14-28)26-31-16-11-24(32-26)21-6-8-23(9-7-21)37-20-19-36-2/h6-9,11,16,22H,3-5,10,12-15,17-20,30H2,1-2H3,(H,33,35). The molecule has 2 unspecified atom stereocenters. The Morgan fingerprint density at radius 2 is 1.92 bits per heavy atom. The monoisotopic (exact) mass is 513 g/mol. The highest BCUT2D eigenvalue weighted by molar-refractivity contribution is 5.86. The SMILES string of the molecule is COCCOc1ccc(-c2ccnc(N3CCC(F)(C(=O)NC4(C)CCCCC4CCN)CC3)n2)cc1. The molecule has 2 aromatic rings. The Morgan fingerprint density at radius 3 is 2.62 bits per heavy atom. The van der Waals surface area contributed by atoms with E-state index in [0.29, 0.717) is 44.7 Å². The van der Waals surface area contributed by atoms with Crippen molar-refractivity contribution in [1.29, 1.82) is 0 Å². The Hall–Kier alpha value is -2.78. The molecule has 3 N–H and O–H groups in total. The second-order valence-corrected chi connectivity index (χ2v) is 10.5. The quantitative estimate of drug-likeness (QED) is 0.465. The van der Waals surface area contributed by atoms with Gasteiger partial charge in [-0.2, -0.15) is 0 Å². The van der Waals surface area contributed by atoms with Crippen LogP contribution < -0.4 is 20.7 Å². The van der Waals surface area contributed by atoms with Crippen molar-refractivity contribution in [2.24, 2.45) is 11.7 Å². The van der Waals surface area contributed by atoms with Crippen molar-refractivity contribution in [2.45, 2.75) is 63.1 Å². The first-order valence-electron chi connectivity index (χ1n) is 13.4. The van der Waals surface area contributed by atoms with Gasteiger partial charge in [0.25, 0.3) is 5.91 Å². The number of amides is 1. The minimum absolute atomic E-state index is 0.109. The molecule has 2 atom stereocenters. The van der Waals surface area contributed by atoms with Crippen LogP contribution in [0.1, 0.15) is 51.9 Å². The molecule has 0 radical (unpaired) electrons. The van der Waals surface area contributed by atoms with E-state index in [4.69, 9.17) is 20.2 Å². The summed E-state index contributed by atoms with van der Waals surface area (Å²) in [6, 6.07) is 9.54. The number of nitrogens with one attached hydrogen (secondary N) is 1. The predicted molar refractivity (Wildman–Crippen MR) is 142 cm³/mol. The Morgan fingerprint density at radius 1 is 1.16 bits per heavy atom. The van der Waals surface area contributed by atoms with Crippen LogP contribution in [0.4, 0.5) is 10.3 Å². The molecular formula is C28H40FN5O3. The highest BCUT2D eigenvalue weighted by Gasteiger charge is 2.46. The summed E-state index contributed by atoms with van der Waals surface area (Å²) in [6.07, 6.45) is 6.85. The summed E-state index contributed by atoms with van der Waals surface area (Å²) in [6.45, 7) is 4.41. The Bertz CT molecular complexity index is 1030. The molecule has 0 bridgehead atoms. The van der Waals surface area contributed by atoms with E-state index in [1.165, 1.54) is 0 Å². The van der Waals surface area contributed by atoms with Gasteiger partial charge in [0, 0.05) is 50.3 Å². The summed E-state index contributed by atoms with van der Waals surface area (Å²) >= 11 is 0. The van der Waals surface area contributed by atoms with Gasteiger partial charge in [-0.3, -0.25) is 4.79 Å². The average Bonchev–Trinajstić information content (AvgIpc) is 2.91. The largest absolute Gasteiger partial charge is 0.491 e. The fourth-order valence-corrected chi connectivity index (χ4v) is 5.52.